The van der Waals surface area contributed by atoms with Crippen LogP contribution in [-0.4, -0.2) is 73.7 Å². The lowest BCUT2D eigenvalue weighted by Gasteiger charge is -2.39. The van der Waals surface area contributed by atoms with Gasteiger partial charge in [0.1, 0.15) is 24.2 Å². The molecule has 0 spiro atoms. The molecule has 33 heavy (non-hydrogen) atoms. The third kappa shape index (κ3) is 4.68. The smallest absolute Gasteiger partial charge is 0.407 e. The van der Waals surface area contributed by atoms with Crippen molar-refractivity contribution in [2.24, 2.45) is 0 Å². The predicted octanol–water partition coefficient (Wildman–Crippen LogP) is 2.61. The van der Waals surface area contributed by atoms with Crippen molar-refractivity contribution in [3.63, 3.8) is 0 Å². The van der Waals surface area contributed by atoms with E-state index in [0.717, 1.165) is 16.9 Å². The largest absolute Gasteiger partial charge is 0.489 e. The summed E-state index contributed by atoms with van der Waals surface area (Å²) in [5, 5.41) is 33.0. The summed E-state index contributed by atoms with van der Waals surface area (Å²) in [6.45, 7) is 6.80. The van der Waals surface area contributed by atoms with Gasteiger partial charge in [-0.15, -0.1) is 0 Å². The van der Waals surface area contributed by atoms with Crippen LogP contribution in [0.2, 0.25) is 0 Å². The van der Waals surface area contributed by atoms with Crippen LogP contribution in [0.4, 0.5) is 10.6 Å². The molecule has 3 aromatic heterocycles. The summed E-state index contributed by atoms with van der Waals surface area (Å²) in [4.78, 5) is 19.4. The highest BCUT2D eigenvalue weighted by atomic mass is 16.5. The maximum atomic E-state index is 11.2. The minimum Gasteiger partial charge on any atom is -0.489 e. The lowest BCUT2D eigenvalue weighted by atomic mass is 10.0. The number of aliphatic hydroxyl groups is 1. The molecule has 4 heterocycles. The van der Waals surface area contributed by atoms with Gasteiger partial charge >= 0.3 is 6.09 Å². The second-order valence-electron chi connectivity index (χ2n) is 8.83. The van der Waals surface area contributed by atoms with Crippen molar-refractivity contribution in [1.29, 1.82) is 5.26 Å². The molecule has 1 unspecified atom stereocenters. The molecule has 172 valence electrons. The fraction of sp³-hybridized carbons (Fsp3) is 0.391. The number of rotatable bonds is 5. The van der Waals surface area contributed by atoms with E-state index in [2.05, 4.69) is 21.1 Å². The molecule has 10 heteroatoms. The maximum Gasteiger partial charge on any atom is 0.407 e. The topological polar surface area (TPSA) is 127 Å². The number of piperazine rings is 1. The first-order valence-electron chi connectivity index (χ1n) is 10.6. The van der Waals surface area contributed by atoms with Crippen LogP contribution in [0.15, 0.2) is 36.8 Å². The summed E-state index contributed by atoms with van der Waals surface area (Å²) in [5.74, 6) is 1.27. The summed E-state index contributed by atoms with van der Waals surface area (Å²) in [5.41, 5.74) is 1.60. The van der Waals surface area contributed by atoms with Crippen molar-refractivity contribution in [1.82, 2.24) is 19.5 Å². The molecular weight excluding hydrogens is 424 g/mol. The minimum absolute atomic E-state index is 0.00140. The number of nitriles is 1. The molecule has 3 aromatic rings. The predicted molar refractivity (Wildman–Crippen MR) is 121 cm³/mol. The van der Waals surface area contributed by atoms with Gasteiger partial charge in [-0.3, -0.25) is 0 Å². The Morgan fingerprint density at radius 2 is 2.12 bits per heavy atom. The zero-order valence-corrected chi connectivity index (χ0v) is 18.8. The molecule has 2 N–H and O–H groups in total. The van der Waals surface area contributed by atoms with E-state index in [4.69, 9.17) is 4.74 Å². The van der Waals surface area contributed by atoms with Crippen molar-refractivity contribution in [3.05, 3.63) is 42.4 Å². The zero-order chi connectivity index (χ0) is 23.8. The van der Waals surface area contributed by atoms with E-state index in [-0.39, 0.29) is 12.6 Å². The molecule has 4 rings (SSSR count). The number of carboxylic acid groups (broad SMARTS) is 1. The average Bonchev–Trinajstić information content (AvgIpc) is 3.20. The van der Waals surface area contributed by atoms with Gasteiger partial charge in [-0.25, -0.2) is 14.3 Å². The average molecular weight is 450 g/mol. The van der Waals surface area contributed by atoms with Crippen LogP contribution >= 0.6 is 0 Å². The first-order valence-corrected chi connectivity index (χ1v) is 10.6. The Labute approximate surface area is 191 Å². The lowest BCUT2D eigenvalue weighted by Crippen LogP contribution is -2.53. The van der Waals surface area contributed by atoms with Gasteiger partial charge in [-0.05, 0) is 39.0 Å². The fourth-order valence-electron chi connectivity index (χ4n) is 3.92. The molecule has 0 bridgehead atoms. The first-order chi connectivity index (χ1) is 15.7. The second kappa shape index (κ2) is 8.60. The summed E-state index contributed by atoms with van der Waals surface area (Å²) >= 11 is 0. The number of ether oxygens (including phenoxy) is 1. The Morgan fingerprint density at radius 1 is 1.33 bits per heavy atom. The number of carbonyl (C=O) groups is 1. The van der Waals surface area contributed by atoms with Crippen LogP contribution in [0.25, 0.3) is 16.6 Å². The normalized spacial score (nSPS) is 16.6. The van der Waals surface area contributed by atoms with Crippen molar-refractivity contribution >= 4 is 17.4 Å². The van der Waals surface area contributed by atoms with E-state index < -0.39 is 11.7 Å². The molecule has 1 atom stereocenters. The summed E-state index contributed by atoms with van der Waals surface area (Å²) in [6.07, 6.45) is 4.00. The molecule has 1 amide bonds. The molecule has 1 aliphatic rings. The number of amides is 1. The van der Waals surface area contributed by atoms with E-state index in [1.54, 1.807) is 30.8 Å². The van der Waals surface area contributed by atoms with Gasteiger partial charge in [0.25, 0.3) is 0 Å². The molecule has 0 aliphatic carbocycles. The van der Waals surface area contributed by atoms with Crippen LogP contribution in [0.1, 0.15) is 26.3 Å². The number of aromatic nitrogens is 3. The monoisotopic (exact) mass is 450 g/mol. The quantitative estimate of drug-likeness (QED) is 0.607. The summed E-state index contributed by atoms with van der Waals surface area (Å²) < 4.78 is 7.36. The molecule has 0 radical (unpaired) electrons. The van der Waals surface area contributed by atoms with Crippen molar-refractivity contribution < 1.29 is 19.7 Å². The second-order valence-corrected chi connectivity index (χ2v) is 8.83. The van der Waals surface area contributed by atoms with Gasteiger partial charge in [-0.2, -0.15) is 10.4 Å². The van der Waals surface area contributed by atoms with E-state index in [9.17, 15) is 20.3 Å². The third-order valence-electron chi connectivity index (χ3n) is 5.55. The van der Waals surface area contributed by atoms with E-state index in [1.807, 2.05) is 25.1 Å². The number of hydrogen-bond acceptors (Lipinski definition) is 7. The van der Waals surface area contributed by atoms with Crippen LogP contribution in [0.5, 0.6) is 5.75 Å². The molecule has 0 saturated carbocycles. The molecule has 1 aliphatic heterocycles. The van der Waals surface area contributed by atoms with Crippen LogP contribution in [0, 0.1) is 11.3 Å². The lowest BCUT2D eigenvalue weighted by molar-refractivity contribution is 0.0283. The number of anilines is 1. The number of nitrogens with zero attached hydrogens (tertiary/aromatic N) is 6. The van der Waals surface area contributed by atoms with Gasteiger partial charge in [-0.1, -0.05) is 0 Å². The van der Waals surface area contributed by atoms with Gasteiger partial charge in [0, 0.05) is 43.0 Å². The van der Waals surface area contributed by atoms with Crippen molar-refractivity contribution in [2.75, 3.05) is 31.1 Å². The Balaban J connectivity index is 1.66. The highest BCUT2D eigenvalue weighted by Crippen LogP contribution is 2.32. The van der Waals surface area contributed by atoms with Crippen LogP contribution < -0.4 is 9.64 Å². The van der Waals surface area contributed by atoms with Gasteiger partial charge in [0.05, 0.1) is 29.1 Å². The first kappa shape index (κ1) is 22.4. The number of pyridine rings is 2. The number of fused-ring (bicyclic) bond motifs is 1. The number of hydrogen-bond donors (Lipinski definition) is 2. The van der Waals surface area contributed by atoms with Crippen molar-refractivity contribution in [2.45, 2.75) is 32.4 Å². The maximum absolute atomic E-state index is 11.2. The summed E-state index contributed by atoms with van der Waals surface area (Å²) in [6, 6.07) is 7.80. The Kier molecular flexibility index (Phi) is 5.82. The third-order valence-corrected chi connectivity index (χ3v) is 5.55. The highest BCUT2D eigenvalue weighted by Gasteiger charge is 2.27. The van der Waals surface area contributed by atoms with Crippen LogP contribution in [0.3, 0.4) is 0 Å². The van der Waals surface area contributed by atoms with Gasteiger partial charge in [0.2, 0.25) is 0 Å². The molecular formula is C23H26N6O4. The van der Waals surface area contributed by atoms with E-state index in [1.165, 1.54) is 11.1 Å². The van der Waals surface area contributed by atoms with Crippen molar-refractivity contribution in [3.8, 4) is 22.9 Å². The van der Waals surface area contributed by atoms with Crippen LogP contribution in [-0.2, 0) is 0 Å². The Bertz CT molecular complexity index is 1210. The Hall–Kier alpha value is -3.84. The fourth-order valence-corrected chi connectivity index (χ4v) is 3.92. The molecule has 10 nitrogen and oxygen atoms in total. The van der Waals surface area contributed by atoms with E-state index in [0.29, 0.717) is 36.5 Å². The SMILES string of the molecule is CC1CN(C(=O)O)CCN1c1ccc(-c2cc(OCC(C)(C)O)cn3ncc(C#N)c23)cn1. The van der Waals surface area contributed by atoms with Gasteiger partial charge in [0.15, 0.2) is 0 Å². The van der Waals surface area contributed by atoms with Gasteiger partial charge < -0.3 is 24.7 Å². The summed E-state index contributed by atoms with van der Waals surface area (Å²) in [7, 11) is 0. The minimum atomic E-state index is -0.998. The van der Waals surface area contributed by atoms with E-state index >= 15 is 0 Å². The highest BCUT2D eigenvalue weighted by molar-refractivity contribution is 5.85. The molecule has 0 aromatic carbocycles. The standard InChI is InChI=1S/C23H26N6O4/c1-15-12-27(22(30)31)6-7-28(15)20-5-4-16(10-25-20)19-8-18(33-14-23(2,3)32)13-29-21(19)17(9-24)11-26-29/h4-5,8,10-11,13,15,32H,6-7,12,14H2,1-3H3,(H,30,31). The molecule has 1 fully saturated rings. The Morgan fingerprint density at radius 3 is 2.73 bits per heavy atom. The molecule has 1 saturated heterocycles. The zero-order valence-electron chi connectivity index (χ0n) is 18.8.